The lowest BCUT2D eigenvalue weighted by Crippen LogP contribution is -2.50. The van der Waals surface area contributed by atoms with Crippen molar-refractivity contribution in [2.24, 2.45) is 5.92 Å². The first kappa shape index (κ1) is 13.8. The zero-order chi connectivity index (χ0) is 14.7. The number of rotatable bonds is 3. The molecular formula is C15H19N5O. The fourth-order valence-electron chi connectivity index (χ4n) is 2.51. The first-order chi connectivity index (χ1) is 10.2. The van der Waals surface area contributed by atoms with Gasteiger partial charge in [-0.05, 0) is 37.1 Å². The highest BCUT2D eigenvalue weighted by Crippen LogP contribution is 2.12. The Morgan fingerprint density at radius 3 is 3.10 bits per heavy atom. The van der Waals surface area contributed by atoms with Gasteiger partial charge in [0.1, 0.15) is 5.69 Å². The summed E-state index contributed by atoms with van der Waals surface area (Å²) in [6.07, 6.45) is 4.56. The molecule has 1 amide bonds. The normalized spacial score (nSPS) is 22.0. The van der Waals surface area contributed by atoms with E-state index in [1.165, 1.54) is 0 Å². The van der Waals surface area contributed by atoms with Crippen molar-refractivity contribution < 1.29 is 4.79 Å². The second kappa shape index (κ2) is 6.05. The van der Waals surface area contributed by atoms with Crippen LogP contribution in [0.5, 0.6) is 0 Å². The number of pyridine rings is 1. The lowest BCUT2D eigenvalue weighted by Gasteiger charge is -2.30. The minimum absolute atomic E-state index is 0.135. The number of hydrogen-bond donors (Lipinski definition) is 2. The average Bonchev–Trinajstić information content (AvgIpc) is 3.04. The van der Waals surface area contributed by atoms with E-state index in [-0.39, 0.29) is 11.9 Å². The van der Waals surface area contributed by atoms with Crippen LogP contribution >= 0.6 is 0 Å². The molecule has 110 valence electrons. The SMILES string of the molecule is CC1CCNCC1NC(=O)c1cccc(-n2cccn2)n1. The fraction of sp³-hybridized carbons (Fsp3) is 0.400. The molecule has 0 bridgehead atoms. The molecule has 2 unspecified atom stereocenters. The van der Waals surface area contributed by atoms with Gasteiger partial charge in [-0.3, -0.25) is 4.79 Å². The van der Waals surface area contributed by atoms with Crippen LogP contribution in [-0.4, -0.2) is 39.8 Å². The van der Waals surface area contributed by atoms with E-state index in [0.717, 1.165) is 19.5 Å². The van der Waals surface area contributed by atoms with Crippen molar-refractivity contribution >= 4 is 5.91 Å². The molecule has 2 aromatic rings. The number of amides is 1. The van der Waals surface area contributed by atoms with Crippen molar-refractivity contribution in [2.75, 3.05) is 13.1 Å². The van der Waals surface area contributed by atoms with Gasteiger partial charge in [0.25, 0.3) is 5.91 Å². The van der Waals surface area contributed by atoms with Crippen LogP contribution < -0.4 is 10.6 Å². The molecule has 1 aliphatic rings. The summed E-state index contributed by atoms with van der Waals surface area (Å²) < 4.78 is 1.64. The highest BCUT2D eigenvalue weighted by Gasteiger charge is 2.23. The van der Waals surface area contributed by atoms with Crippen LogP contribution in [0.3, 0.4) is 0 Å². The van der Waals surface area contributed by atoms with Gasteiger partial charge in [0.2, 0.25) is 0 Å². The summed E-state index contributed by atoms with van der Waals surface area (Å²) in [4.78, 5) is 16.7. The Bertz CT molecular complexity index is 610. The zero-order valence-corrected chi connectivity index (χ0v) is 12.0. The molecule has 0 radical (unpaired) electrons. The third kappa shape index (κ3) is 3.11. The van der Waals surface area contributed by atoms with E-state index in [1.54, 1.807) is 23.1 Å². The van der Waals surface area contributed by atoms with Crippen molar-refractivity contribution in [3.05, 3.63) is 42.4 Å². The van der Waals surface area contributed by atoms with Crippen molar-refractivity contribution in [1.82, 2.24) is 25.4 Å². The standard InChI is InChI=1S/C15H19N5O/c1-11-6-8-16-10-13(11)19-15(21)12-4-2-5-14(18-12)20-9-3-7-17-20/h2-5,7,9,11,13,16H,6,8,10H2,1H3,(H,19,21). The summed E-state index contributed by atoms with van der Waals surface area (Å²) >= 11 is 0. The van der Waals surface area contributed by atoms with Crippen molar-refractivity contribution in [3.63, 3.8) is 0 Å². The maximum Gasteiger partial charge on any atom is 0.270 e. The molecule has 3 heterocycles. The lowest BCUT2D eigenvalue weighted by atomic mass is 9.95. The van der Waals surface area contributed by atoms with Crippen LogP contribution in [0.2, 0.25) is 0 Å². The van der Waals surface area contributed by atoms with Gasteiger partial charge >= 0.3 is 0 Å². The molecule has 1 fully saturated rings. The molecule has 6 nitrogen and oxygen atoms in total. The monoisotopic (exact) mass is 285 g/mol. The van der Waals surface area contributed by atoms with Crippen LogP contribution in [0.25, 0.3) is 5.82 Å². The van der Waals surface area contributed by atoms with Crippen LogP contribution in [0.1, 0.15) is 23.8 Å². The second-order valence-corrected chi connectivity index (χ2v) is 5.38. The number of nitrogens with zero attached hydrogens (tertiary/aromatic N) is 3. The maximum absolute atomic E-state index is 12.3. The van der Waals surface area contributed by atoms with Gasteiger partial charge < -0.3 is 10.6 Å². The summed E-state index contributed by atoms with van der Waals surface area (Å²) in [5.41, 5.74) is 0.417. The maximum atomic E-state index is 12.3. The molecule has 1 aliphatic heterocycles. The van der Waals surface area contributed by atoms with Crippen molar-refractivity contribution in [3.8, 4) is 5.82 Å². The van der Waals surface area contributed by atoms with Crippen molar-refractivity contribution in [1.29, 1.82) is 0 Å². The van der Waals surface area contributed by atoms with Crippen LogP contribution in [0, 0.1) is 5.92 Å². The predicted octanol–water partition coefficient (Wildman–Crippen LogP) is 0.995. The van der Waals surface area contributed by atoms with Gasteiger partial charge in [0, 0.05) is 25.0 Å². The summed E-state index contributed by atoms with van der Waals surface area (Å²) in [5, 5.41) is 10.5. The Kier molecular flexibility index (Phi) is 3.96. The number of hydrogen-bond acceptors (Lipinski definition) is 4. The Morgan fingerprint density at radius 2 is 2.33 bits per heavy atom. The minimum atomic E-state index is -0.135. The molecule has 2 aromatic heterocycles. The molecule has 2 N–H and O–H groups in total. The van der Waals surface area contributed by atoms with Crippen LogP contribution in [-0.2, 0) is 0 Å². The largest absolute Gasteiger partial charge is 0.346 e. The Morgan fingerprint density at radius 1 is 1.43 bits per heavy atom. The molecule has 1 saturated heterocycles. The first-order valence-corrected chi connectivity index (χ1v) is 7.22. The van der Waals surface area contributed by atoms with E-state index in [2.05, 4.69) is 27.6 Å². The molecule has 0 spiro atoms. The van der Waals surface area contributed by atoms with E-state index in [0.29, 0.717) is 17.4 Å². The smallest absolute Gasteiger partial charge is 0.270 e. The van der Waals surface area contributed by atoms with Gasteiger partial charge in [0.15, 0.2) is 5.82 Å². The minimum Gasteiger partial charge on any atom is -0.346 e. The number of piperidine rings is 1. The molecule has 21 heavy (non-hydrogen) atoms. The summed E-state index contributed by atoms with van der Waals surface area (Å²) in [6.45, 7) is 3.99. The average molecular weight is 285 g/mol. The summed E-state index contributed by atoms with van der Waals surface area (Å²) in [5.74, 6) is 0.983. The molecule has 0 saturated carbocycles. The van der Waals surface area contributed by atoms with E-state index < -0.39 is 0 Å². The number of carbonyl (C=O) groups excluding carboxylic acids is 1. The number of nitrogens with one attached hydrogen (secondary N) is 2. The highest BCUT2D eigenvalue weighted by atomic mass is 16.2. The molecule has 0 aromatic carbocycles. The van der Waals surface area contributed by atoms with Gasteiger partial charge in [-0.15, -0.1) is 0 Å². The Labute approximate surface area is 123 Å². The number of aromatic nitrogens is 3. The topological polar surface area (TPSA) is 71.8 Å². The van der Waals surface area contributed by atoms with Gasteiger partial charge in [-0.1, -0.05) is 13.0 Å². The van der Waals surface area contributed by atoms with E-state index in [9.17, 15) is 4.79 Å². The third-order valence-electron chi connectivity index (χ3n) is 3.85. The van der Waals surface area contributed by atoms with Crippen molar-refractivity contribution in [2.45, 2.75) is 19.4 Å². The van der Waals surface area contributed by atoms with Crippen LogP contribution in [0.15, 0.2) is 36.7 Å². The van der Waals surface area contributed by atoms with Gasteiger partial charge in [-0.25, -0.2) is 9.67 Å². The molecule has 2 atom stereocenters. The summed E-state index contributed by atoms with van der Waals surface area (Å²) in [6, 6.07) is 7.35. The molecule has 3 rings (SSSR count). The lowest BCUT2D eigenvalue weighted by molar-refractivity contribution is 0.0910. The van der Waals surface area contributed by atoms with Crippen LogP contribution in [0.4, 0.5) is 0 Å². The Balaban J connectivity index is 1.74. The van der Waals surface area contributed by atoms with Gasteiger partial charge in [0.05, 0.1) is 0 Å². The van der Waals surface area contributed by atoms with E-state index in [4.69, 9.17) is 0 Å². The second-order valence-electron chi connectivity index (χ2n) is 5.38. The zero-order valence-electron chi connectivity index (χ0n) is 12.0. The molecule has 0 aliphatic carbocycles. The summed E-state index contributed by atoms with van der Waals surface area (Å²) in [7, 11) is 0. The van der Waals surface area contributed by atoms with E-state index >= 15 is 0 Å². The predicted molar refractivity (Wildman–Crippen MR) is 79.3 cm³/mol. The number of carbonyl (C=O) groups is 1. The molecule has 6 heteroatoms. The van der Waals surface area contributed by atoms with Gasteiger partial charge in [-0.2, -0.15) is 5.10 Å². The third-order valence-corrected chi connectivity index (χ3v) is 3.85. The first-order valence-electron chi connectivity index (χ1n) is 7.22. The quantitative estimate of drug-likeness (QED) is 0.882. The van der Waals surface area contributed by atoms with E-state index in [1.807, 2.05) is 18.2 Å². The Hall–Kier alpha value is -2.21. The fourth-order valence-corrected chi connectivity index (χ4v) is 2.51. The highest BCUT2D eigenvalue weighted by molar-refractivity contribution is 5.92. The molecular weight excluding hydrogens is 266 g/mol.